The molecule has 0 heterocycles. The number of hydrogen-bond donors (Lipinski definition) is 1. The second kappa shape index (κ2) is 9.93. The van der Waals surface area contributed by atoms with Gasteiger partial charge in [0.1, 0.15) is 0 Å². The van der Waals surface area contributed by atoms with E-state index in [1.54, 1.807) is 0 Å². The van der Waals surface area contributed by atoms with Gasteiger partial charge in [0.25, 0.3) is 0 Å². The third-order valence-electron chi connectivity index (χ3n) is 2.80. The first-order valence-electron chi connectivity index (χ1n) is 6.17. The molecule has 0 aromatic heterocycles. The molecule has 5 heteroatoms. The zero-order valence-electron chi connectivity index (χ0n) is 10.6. The van der Waals surface area contributed by atoms with Crippen molar-refractivity contribution in [3.63, 3.8) is 0 Å². The van der Waals surface area contributed by atoms with Crippen LogP contribution in [0.15, 0.2) is 0 Å². The van der Waals surface area contributed by atoms with E-state index < -0.39 is 12.3 Å². The predicted octanol–water partition coefficient (Wildman–Crippen LogP) is 3.81. The van der Waals surface area contributed by atoms with Gasteiger partial charge >= 0.3 is 12.3 Å². The summed E-state index contributed by atoms with van der Waals surface area (Å²) in [4.78, 5) is 20.6. The molecule has 0 saturated carbocycles. The minimum Gasteiger partial charge on any atom is -0.449 e. The summed E-state index contributed by atoms with van der Waals surface area (Å²) in [6.45, 7) is 4.60. The van der Waals surface area contributed by atoms with Crippen LogP contribution in [-0.2, 0) is 9.47 Å². The van der Waals surface area contributed by atoms with E-state index in [0.29, 0.717) is 0 Å². The molecule has 0 bridgehead atoms. The Labute approximate surface area is 102 Å². The van der Waals surface area contributed by atoms with Crippen molar-refractivity contribution in [2.24, 2.45) is 5.92 Å². The van der Waals surface area contributed by atoms with Crippen LogP contribution in [0.2, 0.25) is 0 Å². The average molecular weight is 246 g/mol. The van der Waals surface area contributed by atoms with Gasteiger partial charge in [0.15, 0.2) is 0 Å². The molecule has 17 heavy (non-hydrogen) atoms. The summed E-state index contributed by atoms with van der Waals surface area (Å²) in [6, 6.07) is 0. The van der Waals surface area contributed by atoms with Crippen LogP contribution in [0.1, 0.15) is 52.4 Å². The van der Waals surface area contributed by atoms with Gasteiger partial charge in [-0.2, -0.15) is 0 Å². The van der Waals surface area contributed by atoms with Gasteiger partial charge in [0.05, 0.1) is 6.61 Å². The smallest absolute Gasteiger partial charge is 0.449 e. The van der Waals surface area contributed by atoms with Crippen molar-refractivity contribution in [1.29, 1.82) is 0 Å². The molecule has 0 spiro atoms. The Morgan fingerprint density at radius 1 is 1.12 bits per heavy atom. The topological polar surface area (TPSA) is 72.8 Å². The van der Waals surface area contributed by atoms with E-state index in [0.717, 1.165) is 25.2 Å². The minimum absolute atomic E-state index is 0.217. The Hall–Kier alpha value is -1.26. The van der Waals surface area contributed by atoms with Gasteiger partial charge in [0.2, 0.25) is 0 Å². The number of carbonyl (C=O) groups excluding carboxylic acids is 1. The van der Waals surface area contributed by atoms with Crippen LogP contribution in [0.4, 0.5) is 9.59 Å². The van der Waals surface area contributed by atoms with Crippen molar-refractivity contribution in [1.82, 2.24) is 0 Å². The first-order chi connectivity index (χ1) is 8.10. The molecule has 0 aliphatic heterocycles. The van der Waals surface area contributed by atoms with E-state index >= 15 is 0 Å². The maximum absolute atomic E-state index is 10.7. The largest absolute Gasteiger partial charge is 0.518 e. The van der Waals surface area contributed by atoms with Crippen LogP contribution in [0.5, 0.6) is 0 Å². The van der Waals surface area contributed by atoms with Gasteiger partial charge in [-0.15, -0.1) is 0 Å². The van der Waals surface area contributed by atoms with Gasteiger partial charge in [-0.1, -0.05) is 46.0 Å². The SMILES string of the molecule is CCC(CC)CCCCCOC(=O)OC(=O)O. The highest BCUT2D eigenvalue weighted by Gasteiger charge is 2.08. The molecular weight excluding hydrogens is 224 g/mol. The molecule has 0 aromatic carbocycles. The van der Waals surface area contributed by atoms with Crippen LogP contribution >= 0.6 is 0 Å². The third-order valence-corrected chi connectivity index (χ3v) is 2.80. The van der Waals surface area contributed by atoms with Crippen molar-refractivity contribution in [3.05, 3.63) is 0 Å². The van der Waals surface area contributed by atoms with E-state index in [-0.39, 0.29) is 6.61 Å². The number of unbranched alkanes of at least 4 members (excludes halogenated alkanes) is 2. The van der Waals surface area contributed by atoms with Crippen LogP contribution in [0.3, 0.4) is 0 Å². The summed E-state index contributed by atoms with van der Waals surface area (Å²) in [5, 5.41) is 8.12. The number of hydrogen-bond acceptors (Lipinski definition) is 4. The van der Waals surface area contributed by atoms with Crippen molar-refractivity contribution in [2.75, 3.05) is 6.61 Å². The zero-order chi connectivity index (χ0) is 13.1. The van der Waals surface area contributed by atoms with E-state index in [1.165, 1.54) is 19.3 Å². The molecule has 100 valence electrons. The molecule has 0 aromatic rings. The maximum atomic E-state index is 10.7. The van der Waals surface area contributed by atoms with Crippen LogP contribution < -0.4 is 0 Å². The van der Waals surface area contributed by atoms with Crippen molar-refractivity contribution in [2.45, 2.75) is 52.4 Å². The average Bonchev–Trinajstić information content (AvgIpc) is 2.27. The van der Waals surface area contributed by atoms with Gasteiger partial charge in [-0.05, 0) is 12.3 Å². The molecule has 5 nitrogen and oxygen atoms in total. The summed E-state index contributed by atoms with van der Waals surface area (Å²) in [5.41, 5.74) is 0. The standard InChI is InChI=1S/C12H22O5/c1-3-10(4-2)8-6-5-7-9-16-12(15)17-11(13)14/h10H,3-9H2,1-2H3,(H,13,14). The van der Waals surface area contributed by atoms with Crippen molar-refractivity contribution < 1.29 is 24.2 Å². The fourth-order valence-corrected chi connectivity index (χ4v) is 1.67. The summed E-state index contributed by atoms with van der Waals surface area (Å²) in [7, 11) is 0. The lowest BCUT2D eigenvalue weighted by atomic mass is 9.96. The molecule has 0 saturated heterocycles. The molecule has 0 fully saturated rings. The fraction of sp³-hybridized carbons (Fsp3) is 0.833. The first kappa shape index (κ1) is 15.7. The van der Waals surface area contributed by atoms with Crippen LogP contribution in [0.25, 0.3) is 0 Å². The summed E-state index contributed by atoms with van der Waals surface area (Å²) in [5.74, 6) is 0.785. The number of rotatable bonds is 8. The Balaban J connectivity index is 3.34. The Morgan fingerprint density at radius 2 is 1.76 bits per heavy atom. The van der Waals surface area contributed by atoms with E-state index in [9.17, 15) is 9.59 Å². The molecule has 0 radical (unpaired) electrons. The van der Waals surface area contributed by atoms with Gasteiger partial charge < -0.3 is 14.6 Å². The lowest BCUT2D eigenvalue weighted by molar-refractivity contribution is 0.0537. The van der Waals surface area contributed by atoms with E-state index in [2.05, 4.69) is 23.3 Å². The summed E-state index contributed by atoms with van der Waals surface area (Å²) < 4.78 is 8.36. The number of ether oxygens (including phenoxy) is 2. The second-order valence-corrected chi connectivity index (χ2v) is 4.00. The maximum Gasteiger partial charge on any atom is 0.518 e. The Kier molecular flexibility index (Phi) is 9.19. The highest BCUT2D eigenvalue weighted by molar-refractivity contribution is 5.75. The molecule has 0 rings (SSSR count). The fourth-order valence-electron chi connectivity index (χ4n) is 1.67. The molecule has 0 atom stereocenters. The lowest BCUT2D eigenvalue weighted by Crippen LogP contribution is -2.12. The number of carbonyl (C=O) groups is 2. The predicted molar refractivity (Wildman–Crippen MR) is 63.0 cm³/mol. The molecule has 0 unspecified atom stereocenters. The normalized spacial score (nSPS) is 10.3. The Bertz CT molecular complexity index is 223. The summed E-state index contributed by atoms with van der Waals surface area (Å²) >= 11 is 0. The quantitative estimate of drug-likeness (QED) is 0.400. The van der Waals surface area contributed by atoms with Crippen molar-refractivity contribution in [3.8, 4) is 0 Å². The van der Waals surface area contributed by atoms with Crippen molar-refractivity contribution >= 4 is 12.3 Å². The molecule has 0 aliphatic rings. The third kappa shape index (κ3) is 9.66. The second-order valence-electron chi connectivity index (χ2n) is 4.00. The molecule has 1 N–H and O–H groups in total. The van der Waals surface area contributed by atoms with Crippen LogP contribution in [-0.4, -0.2) is 24.0 Å². The van der Waals surface area contributed by atoms with Gasteiger partial charge in [-0.25, -0.2) is 9.59 Å². The molecule has 0 amide bonds. The molecule has 0 aliphatic carbocycles. The van der Waals surface area contributed by atoms with Gasteiger partial charge in [-0.3, -0.25) is 0 Å². The number of carboxylic acid groups (broad SMARTS) is 1. The van der Waals surface area contributed by atoms with Crippen LogP contribution in [0, 0.1) is 5.92 Å². The highest BCUT2D eigenvalue weighted by atomic mass is 16.8. The van der Waals surface area contributed by atoms with E-state index in [4.69, 9.17) is 5.11 Å². The zero-order valence-corrected chi connectivity index (χ0v) is 10.6. The first-order valence-corrected chi connectivity index (χ1v) is 6.17. The van der Waals surface area contributed by atoms with E-state index in [1.807, 2.05) is 0 Å². The Morgan fingerprint density at radius 3 is 2.29 bits per heavy atom. The lowest BCUT2D eigenvalue weighted by Gasteiger charge is -2.11. The minimum atomic E-state index is -1.64. The van der Waals surface area contributed by atoms with Gasteiger partial charge in [0, 0.05) is 0 Å². The molecular formula is C12H22O5. The monoisotopic (exact) mass is 246 g/mol. The highest BCUT2D eigenvalue weighted by Crippen LogP contribution is 2.16. The summed E-state index contributed by atoms with van der Waals surface area (Å²) in [6.07, 6.45) is 3.68.